The topological polar surface area (TPSA) is 71.1 Å². The van der Waals surface area contributed by atoms with E-state index in [9.17, 15) is 15.6 Å². The van der Waals surface area contributed by atoms with Crippen molar-refractivity contribution in [2.45, 2.75) is 6.92 Å². The summed E-state index contributed by atoms with van der Waals surface area (Å²) in [4.78, 5) is 2.13. The van der Waals surface area contributed by atoms with Gasteiger partial charge in [-0.05, 0) is 89.5 Å². The standard InChI is InChI=1S/C33H23N3O/c1-23-25(21-34)10-20-33-31(23)19-11-26(22-35)32(33)18-9-24-7-12-28(13-8-24)36(27-5-3-2-4-6-27)29-14-16-30(37)17-15-29/h2-20,37H,1H3. The van der Waals surface area contributed by atoms with Gasteiger partial charge in [0.2, 0.25) is 0 Å². The van der Waals surface area contributed by atoms with Gasteiger partial charge < -0.3 is 10.0 Å². The zero-order chi connectivity index (χ0) is 25.8. The van der Waals surface area contributed by atoms with E-state index in [-0.39, 0.29) is 5.75 Å². The number of hydrogen-bond acceptors (Lipinski definition) is 4. The van der Waals surface area contributed by atoms with E-state index in [4.69, 9.17) is 0 Å². The molecule has 37 heavy (non-hydrogen) atoms. The van der Waals surface area contributed by atoms with Gasteiger partial charge in [-0.3, -0.25) is 0 Å². The smallest absolute Gasteiger partial charge is 0.115 e. The molecule has 0 atom stereocenters. The molecular formula is C33H23N3O. The van der Waals surface area contributed by atoms with Crippen LogP contribution in [0.15, 0.2) is 103 Å². The van der Waals surface area contributed by atoms with Crippen LogP contribution in [0.25, 0.3) is 22.9 Å². The van der Waals surface area contributed by atoms with Crippen LogP contribution < -0.4 is 4.90 Å². The second kappa shape index (κ2) is 10.1. The second-order valence-electron chi connectivity index (χ2n) is 8.70. The molecule has 5 rings (SSSR count). The van der Waals surface area contributed by atoms with Crippen molar-refractivity contribution >= 4 is 40.0 Å². The molecule has 0 bridgehead atoms. The Labute approximate surface area is 216 Å². The number of aromatic hydroxyl groups is 1. The SMILES string of the molecule is Cc1c(C#N)ccc2c(C=Cc3ccc(N(c4ccccc4)c4ccc(O)cc4)cc3)c(C#N)ccc12. The summed E-state index contributed by atoms with van der Waals surface area (Å²) in [7, 11) is 0. The zero-order valence-electron chi connectivity index (χ0n) is 20.3. The molecule has 5 aromatic carbocycles. The van der Waals surface area contributed by atoms with Crippen molar-refractivity contribution in [3.05, 3.63) is 131 Å². The highest BCUT2D eigenvalue weighted by atomic mass is 16.3. The lowest BCUT2D eigenvalue weighted by atomic mass is 9.94. The Hall–Kier alpha value is -5.32. The molecule has 4 heteroatoms. The molecule has 5 aromatic rings. The monoisotopic (exact) mass is 477 g/mol. The Kier molecular flexibility index (Phi) is 6.41. The number of nitriles is 2. The summed E-state index contributed by atoms with van der Waals surface area (Å²) in [6.45, 7) is 1.94. The fourth-order valence-corrected chi connectivity index (χ4v) is 4.52. The van der Waals surface area contributed by atoms with Crippen LogP contribution in [0, 0.1) is 29.6 Å². The fourth-order valence-electron chi connectivity index (χ4n) is 4.52. The van der Waals surface area contributed by atoms with Gasteiger partial charge in [0.05, 0.1) is 23.3 Å². The maximum atomic E-state index is 9.75. The molecule has 0 aliphatic carbocycles. The van der Waals surface area contributed by atoms with E-state index in [0.717, 1.165) is 44.5 Å². The van der Waals surface area contributed by atoms with Gasteiger partial charge in [-0.25, -0.2) is 0 Å². The summed E-state index contributed by atoms with van der Waals surface area (Å²) >= 11 is 0. The van der Waals surface area contributed by atoms with Gasteiger partial charge in [0.25, 0.3) is 0 Å². The number of hydrogen-bond donors (Lipinski definition) is 1. The Bertz CT molecular complexity index is 1690. The van der Waals surface area contributed by atoms with Gasteiger partial charge in [0.15, 0.2) is 0 Å². The van der Waals surface area contributed by atoms with E-state index in [0.29, 0.717) is 11.1 Å². The molecule has 176 valence electrons. The number of benzene rings is 5. The predicted molar refractivity (Wildman–Crippen MR) is 150 cm³/mol. The van der Waals surface area contributed by atoms with Crippen molar-refractivity contribution in [2.24, 2.45) is 0 Å². The van der Waals surface area contributed by atoms with Gasteiger partial charge in [-0.2, -0.15) is 10.5 Å². The lowest BCUT2D eigenvalue weighted by Crippen LogP contribution is -2.09. The van der Waals surface area contributed by atoms with E-state index < -0.39 is 0 Å². The van der Waals surface area contributed by atoms with E-state index in [1.54, 1.807) is 12.1 Å². The Morgan fingerprint density at radius 2 is 1.19 bits per heavy atom. The average Bonchev–Trinajstić information content (AvgIpc) is 2.94. The molecule has 0 radical (unpaired) electrons. The second-order valence-corrected chi connectivity index (χ2v) is 8.70. The van der Waals surface area contributed by atoms with Gasteiger partial charge in [-0.1, -0.05) is 54.6 Å². The van der Waals surface area contributed by atoms with Crippen molar-refractivity contribution < 1.29 is 5.11 Å². The number of fused-ring (bicyclic) bond motifs is 1. The molecule has 0 aliphatic rings. The Morgan fingerprint density at radius 3 is 1.84 bits per heavy atom. The third kappa shape index (κ3) is 4.65. The first-order valence-electron chi connectivity index (χ1n) is 11.9. The number of nitrogens with zero attached hydrogens (tertiary/aromatic N) is 3. The van der Waals surface area contributed by atoms with Crippen LogP contribution in [0.4, 0.5) is 17.1 Å². The van der Waals surface area contributed by atoms with Crippen molar-refractivity contribution in [2.75, 3.05) is 4.90 Å². The lowest BCUT2D eigenvalue weighted by molar-refractivity contribution is 0.475. The van der Waals surface area contributed by atoms with Crippen molar-refractivity contribution in [3.8, 4) is 17.9 Å². The maximum Gasteiger partial charge on any atom is 0.115 e. The van der Waals surface area contributed by atoms with Crippen molar-refractivity contribution in [1.29, 1.82) is 10.5 Å². The molecule has 0 saturated carbocycles. The summed E-state index contributed by atoms with van der Waals surface area (Å²) in [5.41, 5.74) is 6.91. The number of phenolic OH excluding ortho intramolecular Hbond substituents is 1. The molecule has 0 aliphatic heterocycles. The largest absolute Gasteiger partial charge is 0.508 e. The highest BCUT2D eigenvalue weighted by Crippen LogP contribution is 2.35. The molecular weight excluding hydrogens is 454 g/mol. The Morgan fingerprint density at radius 1 is 0.622 bits per heavy atom. The molecule has 1 N–H and O–H groups in total. The summed E-state index contributed by atoms with van der Waals surface area (Å²) in [6.07, 6.45) is 3.97. The number of phenols is 1. The van der Waals surface area contributed by atoms with Gasteiger partial charge in [-0.15, -0.1) is 0 Å². The number of aryl methyl sites for hydroxylation is 1. The molecule has 0 fully saturated rings. The third-order valence-electron chi connectivity index (χ3n) is 6.47. The Balaban J connectivity index is 1.52. The van der Waals surface area contributed by atoms with Crippen LogP contribution in [0.1, 0.15) is 27.8 Å². The van der Waals surface area contributed by atoms with Crippen LogP contribution in [0.3, 0.4) is 0 Å². The number of anilines is 3. The molecule has 0 heterocycles. The highest BCUT2D eigenvalue weighted by molar-refractivity contribution is 5.97. The molecule has 0 unspecified atom stereocenters. The quantitative estimate of drug-likeness (QED) is 0.259. The van der Waals surface area contributed by atoms with Crippen molar-refractivity contribution in [3.63, 3.8) is 0 Å². The van der Waals surface area contributed by atoms with E-state index in [2.05, 4.69) is 29.2 Å². The van der Waals surface area contributed by atoms with E-state index in [1.807, 2.05) is 97.9 Å². The van der Waals surface area contributed by atoms with Gasteiger partial charge in [0, 0.05) is 22.6 Å². The van der Waals surface area contributed by atoms with Crippen LogP contribution in [0.2, 0.25) is 0 Å². The summed E-state index contributed by atoms with van der Waals surface area (Å²) in [6, 6.07) is 37.4. The molecule has 4 nitrogen and oxygen atoms in total. The van der Waals surface area contributed by atoms with Gasteiger partial charge in [0.1, 0.15) is 5.75 Å². The summed E-state index contributed by atoms with van der Waals surface area (Å²) in [5, 5.41) is 30.8. The maximum absolute atomic E-state index is 9.75. The first kappa shape index (κ1) is 23.4. The highest BCUT2D eigenvalue weighted by Gasteiger charge is 2.12. The third-order valence-corrected chi connectivity index (χ3v) is 6.47. The van der Waals surface area contributed by atoms with Crippen LogP contribution in [0.5, 0.6) is 5.75 Å². The van der Waals surface area contributed by atoms with E-state index in [1.165, 1.54) is 0 Å². The fraction of sp³-hybridized carbons (Fsp3) is 0.0303. The summed E-state index contributed by atoms with van der Waals surface area (Å²) in [5.74, 6) is 0.224. The van der Waals surface area contributed by atoms with Crippen LogP contribution in [-0.4, -0.2) is 5.11 Å². The number of para-hydroxylation sites is 1. The number of rotatable bonds is 5. The molecule has 0 spiro atoms. The van der Waals surface area contributed by atoms with E-state index >= 15 is 0 Å². The van der Waals surface area contributed by atoms with Crippen molar-refractivity contribution in [1.82, 2.24) is 0 Å². The molecule has 0 aromatic heterocycles. The molecule has 0 saturated heterocycles. The first-order valence-corrected chi connectivity index (χ1v) is 11.9. The van der Waals surface area contributed by atoms with Crippen LogP contribution in [-0.2, 0) is 0 Å². The first-order chi connectivity index (χ1) is 18.1. The minimum absolute atomic E-state index is 0.224. The van der Waals surface area contributed by atoms with Gasteiger partial charge >= 0.3 is 0 Å². The minimum Gasteiger partial charge on any atom is -0.508 e. The molecule has 0 amide bonds. The average molecular weight is 478 g/mol. The lowest BCUT2D eigenvalue weighted by Gasteiger charge is -2.25. The summed E-state index contributed by atoms with van der Waals surface area (Å²) < 4.78 is 0. The van der Waals surface area contributed by atoms with Crippen LogP contribution >= 0.6 is 0 Å². The predicted octanol–water partition coefficient (Wildman–Crippen LogP) is 8.24. The zero-order valence-corrected chi connectivity index (χ0v) is 20.3. The normalized spacial score (nSPS) is 10.8. The minimum atomic E-state index is 0.224.